The predicted octanol–water partition coefficient (Wildman–Crippen LogP) is 3.29. The van der Waals surface area contributed by atoms with Gasteiger partial charge in [0.05, 0.1) is 25.5 Å². The molecular weight excluding hydrogens is 333 g/mol. The van der Waals surface area contributed by atoms with Gasteiger partial charge in [-0.1, -0.05) is 12.1 Å². The molecule has 0 unspecified atom stereocenters. The highest BCUT2D eigenvalue weighted by atomic mass is 19.4. The Labute approximate surface area is 134 Å². The molecule has 0 atom stereocenters. The van der Waals surface area contributed by atoms with Crippen LogP contribution < -0.4 is 0 Å². The molecule has 24 heavy (non-hydrogen) atoms. The second-order valence-electron chi connectivity index (χ2n) is 4.25. The number of nitrogens with zero attached hydrogens (tertiary/aromatic N) is 2. The smallest absolute Gasteiger partial charge is 0.418 e. The molecule has 1 aromatic carbocycles. The van der Waals surface area contributed by atoms with Crippen LogP contribution in [0.4, 0.5) is 18.9 Å². The number of azo groups is 1. The molecule has 0 radical (unpaired) electrons. The normalized spacial score (nSPS) is 12.7. The van der Waals surface area contributed by atoms with Crippen molar-refractivity contribution >= 4 is 17.6 Å². The van der Waals surface area contributed by atoms with Crippen LogP contribution in [0.2, 0.25) is 0 Å². The first-order chi connectivity index (χ1) is 11.2. The van der Waals surface area contributed by atoms with E-state index in [9.17, 15) is 27.9 Å². The van der Waals surface area contributed by atoms with Gasteiger partial charge in [-0.25, -0.2) is 4.79 Å². The van der Waals surface area contributed by atoms with Gasteiger partial charge in [0, 0.05) is 0 Å². The van der Waals surface area contributed by atoms with Gasteiger partial charge in [-0.15, -0.1) is 10.2 Å². The number of methoxy groups -OCH3 is 2. The molecule has 10 heteroatoms. The van der Waals surface area contributed by atoms with Gasteiger partial charge in [-0.05, 0) is 12.1 Å². The van der Waals surface area contributed by atoms with E-state index in [2.05, 4.69) is 19.7 Å². The molecule has 0 spiro atoms. The zero-order chi connectivity index (χ0) is 18.3. The maximum atomic E-state index is 12.9. The van der Waals surface area contributed by atoms with E-state index in [0.29, 0.717) is 0 Å². The summed E-state index contributed by atoms with van der Waals surface area (Å²) in [6, 6.07) is 4.26. The van der Waals surface area contributed by atoms with Crippen molar-refractivity contribution in [1.82, 2.24) is 0 Å². The number of esters is 2. The minimum Gasteiger partial charge on any atom is -0.509 e. The van der Waals surface area contributed by atoms with Gasteiger partial charge in [0.2, 0.25) is 5.70 Å². The topological polar surface area (TPSA) is 97.5 Å². The van der Waals surface area contributed by atoms with E-state index in [-0.39, 0.29) is 0 Å². The standard InChI is InChI=1S/C14H13F3N2O5/c1-23-11(21)7-10(20)12(13(22)24-2)19-18-9-6-4-3-5-8(9)14(15,16)17/h3-6,20H,7H2,1-2H3. The monoisotopic (exact) mass is 346 g/mol. The molecule has 0 aliphatic heterocycles. The number of carbonyl (C=O) groups is 2. The maximum Gasteiger partial charge on any atom is 0.418 e. The molecule has 0 amide bonds. The van der Waals surface area contributed by atoms with Crippen LogP contribution >= 0.6 is 0 Å². The van der Waals surface area contributed by atoms with Gasteiger partial charge in [0.25, 0.3) is 0 Å². The van der Waals surface area contributed by atoms with Gasteiger partial charge < -0.3 is 14.6 Å². The second-order valence-corrected chi connectivity index (χ2v) is 4.25. The Morgan fingerprint density at radius 2 is 1.79 bits per heavy atom. The van der Waals surface area contributed by atoms with E-state index in [0.717, 1.165) is 32.4 Å². The lowest BCUT2D eigenvalue weighted by Crippen LogP contribution is -2.10. The number of ether oxygens (including phenoxy) is 2. The van der Waals surface area contributed by atoms with Crippen molar-refractivity contribution in [3.8, 4) is 0 Å². The minimum atomic E-state index is -4.68. The van der Waals surface area contributed by atoms with Gasteiger partial charge in [-0.3, -0.25) is 4.79 Å². The number of hydrogen-bond donors (Lipinski definition) is 1. The van der Waals surface area contributed by atoms with Crippen LogP contribution in [-0.2, 0) is 25.2 Å². The Balaban J connectivity index is 3.26. The van der Waals surface area contributed by atoms with Crippen molar-refractivity contribution < 1.29 is 37.3 Å². The van der Waals surface area contributed by atoms with Crippen LogP contribution in [0.5, 0.6) is 0 Å². The van der Waals surface area contributed by atoms with E-state index >= 15 is 0 Å². The minimum absolute atomic E-state index is 0.572. The van der Waals surface area contributed by atoms with Gasteiger partial charge in [0.1, 0.15) is 12.2 Å². The van der Waals surface area contributed by atoms with Crippen LogP contribution in [0.15, 0.2) is 46.0 Å². The summed E-state index contributed by atoms with van der Waals surface area (Å²) >= 11 is 0. The van der Waals surface area contributed by atoms with Crippen LogP contribution in [-0.4, -0.2) is 31.3 Å². The van der Waals surface area contributed by atoms with Gasteiger partial charge >= 0.3 is 18.1 Å². The third-order valence-electron chi connectivity index (χ3n) is 2.66. The fourth-order valence-electron chi connectivity index (χ4n) is 1.51. The number of rotatable bonds is 5. The summed E-state index contributed by atoms with van der Waals surface area (Å²) < 4.78 is 47.2. The van der Waals surface area contributed by atoms with E-state index in [1.54, 1.807) is 0 Å². The van der Waals surface area contributed by atoms with Crippen molar-refractivity contribution in [3.63, 3.8) is 0 Å². The summed E-state index contributed by atoms with van der Waals surface area (Å²) in [6.07, 6.45) is -5.40. The van der Waals surface area contributed by atoms with Crippen molar-refractivity contribution in [3.05, 3.63) is 41.3 Å². The van der Waals surface area contributed by atoms with E-state index < -0.39 is 47.2 Å². The molecule has 1 aromatic rings. The highest BCUT2D eigenvalue weighted by Gasteiger charge is 2.33. The van der Waals surface area contributed by atoms with Crippen LogP contribution in [0.25, 0.3) is 0 Å². The number of halogens is 3. The number of aliphatic hydroxyl groups excluding tert-OH is 1. The second kappa shape index (κ2) is 8.09. The van der Waals surface area contributed by atoms with Crippen molar-refractivity contribution in [2.24, 2.45) is 10.2 Å². The first-order valence-corrected chi connectivity index (χ1v) is 6.36. The number of hydrogen-bond acceptors (Lipinski definition) is 7. The molecular formula is C14H13F3N2O5. The maximum absolute atomic E-state index is 12.9. The third-order valence-corrected chi connectivity index (χ3v) is 2.66. The number of benzene rings is 1. The van der Waals surface area contributed by atoms with E-state index in [1.165, 1.54) is 6.07 Å². The molecule has 130 valence electrons. The number of alkyl halides is 3. The molecule has 1 rings (SSSR count). The summed E-state index contributed by atoms with van der Waals surface area (Å²) in [5.41, 5.74) is -2.46. The predicted molar refractivity (Wildman–Crippen MR) is 74.3 cm³/mol. The summed E-state index contributed by atoms with van der Waals surface area (Å²) in [5, 5.41) is 16.4. The van der Waals surface area contributed by atoms with E-state index in [4.69, 9.17) is 0 Å². The van der Waals surface area contributed by atoms with Crippen molar-refractivity contribution in [2.75, 3.05) is 14.2 Å². The molecule has 1 N–H and O–H groups in total. The Hall–Kier alpha value is -2.91. The molecule has 7 nitrogen and oxygen atoms in total. The lowest BCUT2D eigenvalue weighted by Gasteiger charge is -2.08. The quantitative estimate of drug-likeness (QED) is 0.382. The van der Waals surface area contributed by atoms with E-state index in [1.807, 2.05) is 0 Å². The Kier molecular flexibility index (Phi) is 6.45. The summed E-state index contributed by atoms with van der Waals surface area (Å²) in [4.78, 5) is 22.7. The SMILES string of the molecule is COC(=O)CC(O)=C(N=Nc1ccccc1C(F)(F)F)C(=O)OC. The molecule has 0 bridgehead atoms. The Morgan fingerprint density at radius 3 is 2.33 bits per heavy atom. The molecule has 0 aliphatic rings. The summed E-state index contributed by atoms with van der Waals surface area (Å²) in [7, 11) is 2.02. The molecule has 0 aromatic heterocycles. The van der Waals surface area contributed by atoms with Crippen LogP contribution in [0, 0.1) is 0 Å². The van der Waals surface area contributed by atoms with Crippen LogP contribution in [0.1, 0.15) is 12.0 Å². The number of aliphatic hydroxyl groups is 1. The number of carbonyl (C=O) groups excluding carboxylic acids is 2. The molecule has 0 saturated heterocycles. The fourth-order valence-corrected chi connectivity index (χ4v) is 1.51. The molecule has 0 fully saturated rings. The summed E-state index contributed by atoms with van der Waals surface area (Å²) in [5.74, 6) is -2.91. The van der Waals surface area contributed by atoms with Gasteiger partial charge in [-0.2, -0.15) is 13.2 Å². The Morgan fingerprint density at radius 1 is 1.17 bits per heavy atom. The van der Waals surface area contributed by atoms with Crippen molar-refractivity contribution in [2.45, 2.75) is 12.6 Å². The zero-order valence-corrected chi connectivity index (χ0v) is 12.6. The average Bonchev–Trinajstić information content (AvgIpc) is 2.53. The first kappa shape index (κ1) is 19.1. The summed E-state index contributed by atoms with van der Waals surface area (Å²) in [6.45, 7) is 0. The third kappa shape index (κ3) is 5.07. The first-order valence-electron chi connectivity index (χ1n) is 6.36. The lowest BCUT2D eigenvalue weighted by molar-refractivity contribution is -0.140. The largest absolute Gasteiger partial charge is 0.509 e. The molecule has 0 saturated carbocycles. The Bertz CT molecular complexity index is 683. The highest BCUT2D eigenvalue weighted by molar-refractivity contribution is 5.89. The van der Waals surface area contributed by atoms with Crippen molar-refractivity contribution in [1.29, 1.82) is 0 Å². The molecule has 0 heterocycles. The zero-order valence-electron chi connectivity index (χ0n) is 12.6. The highest BCUT2D eigenvalue weighted by Crippen LogP contribution is 2.36. The molecule has 0 aliphatic carbocycles. The lowest BCUT2D eigenvalue weighted by atomic mass is 10.2. The fraction of sp³-hybridized carbons (Fsp3) is 0.286. The average molecular weight is 346 g/mol. The van der Waals surface area contributed by atoms with Gasteiger partial charge in [0.15, 0.2) is 0 Å². The van der Waals surface area contributed by atoms with Crippen LogP contribution in [0.3, 0.4) is 0 Å².